The summed E-state index contributed by atoms with van der Waals surface area (Å²) >= 11 is 0. The highest BCUT2D eigenvalue weighted by molar-refractivity contribution is 6.05. The summed E-state index contributed by atoms with van der Waals surface area (Å²) in [5.41, 5.74) is -0.770. The summed E-state index contributed by atoms with van der Waals surface area (Å²) in [5, 5.41) is 4.88. The molecule has 2 N–H and O–H groups in total. The van der Waals surface area contributed by atoms with Crippen molar-refractivity contribution in [3.63, 3.8) is 0 Å². The van der Waals surface area contributed by atoms with Gasteiger partial charge in [-0.25, -0.2) is 0 Å². The van der Waals surface area contributed by atoms with Crippen molar-refractivity contribution in [3.05, 3.63) is 72.1 Å². The zero-order valence-electron chi connectivity index (χ0n) is 12.9. The number of hydrogen-bond acceptors (Lipinski definition) is 3. The molecule has 1 heterocycles. The van der Waals surface area contributed by atoms with Gasteiger partial charge in [0.15, 0.2) is 0 Å². The van der Waals surface area contributed by atoms with Crippen molar-refractivity contribution in [2.24, 2.45) is 0 Å². The summed E-state index contributed by atoms with van der Waals surface area (Å²) in [6, 6.07) is 6.88. The predicted molar refractivity (Wildman–Crippen MR) is 86.2 cm³/mol. The Bertz CT molecular complexity index is 804. The number of hydrogen-bond donors (Lipinski definition) is 2. The third kappa shape index (κ3) is 4.90. The van der Waals surface area contributed by atoms with E-state index in [2.05, 4.69) is 22.2 Å². The Labute approximate surface area is 141 Å². The first-order valence-electron chi connectivity index (χ1n) is 7.15. The molecule has 5 nitrogen and oxygen atoms in total. The number of carbonyl (C=O) groups excluding carboxylic acids is 2. The Balaban J connectivity index is 2.16. The van der Waals surface area contributed by atoms with Crippen LogP contribution in [0.3, 0.4) is 0 Å². The lowest BCUT2D eigenvalue weighted by Crippen LogP contribution is -2.24. The van der Waals surface area contributed by atoms with E-state index in [1.807, 2.05) is 0 Å². The van der Waals surface area contributed by atoms with Crippen LogP contribution in [0.25, 0.3) is 0 Å². The fourth-order valence-electron chi connectivity index (χ4n) is 1.93. The number of amides is 2. The minimum absolute atomic E-state index is 0.00528. The maximum atomic E-state index is 12.7. The van der Waals surface area contributed by atoms with E-state index in [0.717, 1.165) is 12.1 Å². The molecular formula is C17H14F3N3O2. The number of halogens is 3. The Morgan fingerprint density at radius 1 is 1.16 bits per heavy atom. The molecule has 130 valence electrons. The van der Waals surface area contributed by atoms with Gasteiger partial charge >= 0.3 is 6.18 Å². The minimum Gasteiger partial charge on any atom is -0.347 e. The second-order valence-electron chi connectivity index (χ2n) is 4.96. The fraction of sp³-hybridized carbons (Fsp3) is 0.118. The number of rotatable bonds is 5. The minimum atomic E-state index is -4.51. The first-order chi connectivity index (χ1) is 11.8. The third-order valence-corrected chi connectivity index (χ3v) is 3.11. The van der Waals surface area contributed by atoms with Crippen molar-refractivity contribution < 1.29 is 22.8 Å². The SMILES string of the molecule is C=CCNC(=O)c1cc(C(=O)Nc2cccc(C(F)(F)F)c2)ccn1. The highest BCUT2D eigenvalue weighted by Gasteiger charge is 2.30. The lowest BCUT2D eigenvalue weighted by atomic mass is 10.1. The number of aromatic nitrogens is 1. The Kier molecular flexibility index (Phi) is 5.53. The van der Waals surface area contributed by atoms with E-state index in [4.69, 9.17) is 0 Å². The van der Waals surface area contributed by atoms with Gasteiger partial charge in [0.05, 0.1) is 5.56 Å². The maximum absolute atomic E-state index is 12.7. The molecule has 0 fully saturated rings. The largest absolute Gasteiger partial charge is 0.416 e. The van der Waals surface area contributed by atoms with Crippen LogP contribution in [0.15, 0.2) is 55.3 Å². The molecule has 25 heavy (non-hydrogen) atoms. The van der Waals surface area contributed by atoms with Gasteiger partial charge in [-0.1, -0.05) is 12.1 Å². The summed E-state index contributed by atoms with van der Waals surface area (Å²) in [4.78, 5) is 27.9. The zero-order valence-corrected chi connectivity index (χ0v) is 12.9. The van der Waals surface area contributed by atoms with E-state index in [1.54, 1.807) is 0 Å². The number of benzene rings is 1. The van der Waals surface area contributed by atoms with E-state index in [1.165, 1.54) is 36.5 Å². The molecule has 0 aliphatic carbocycles. The van der Waals surface area contributed by atoms with Gasteiger partial charge in [0, 0.05) is 24.0 Å². The van der Waals surface area contributed by atoms with Crippen LogP contribution in [-0.2, 0) is 6.18 Å². The topological polar surface area (TPSA) is 71.1 Å². The number of alkyl halides is 3. The first kappa shape index (κ1) is 18.2. The summed E-state index contributed by atoms with van der Waals surface area (Å²) in [6.45, 7) is 3.70. The number of pyridine rings is 1. The molecule has 0 bridgehead atoms. The number of carbonyl (C=O) groups is 2. The zero-order chi connectivity index (χ0) is 18.4. The van der Waals surface area contributed by atoms with Crippen LogP contribution in [0.5, 0.6) is 0 Å². The molecule has 0 saturated heterocycles. The Hall–Kier alpha value is -3.16. The van der Waals surface area contributed by atoms with Crippen LogP contribution in [0, 0.1) is 0 Å². The van der Waals surface area contributed by atoms with Gasteiger partial charge in [-0.2, -0.15) is 13.2 Å². The van der Waals surface area contributed by atoms with Crippen LogP contribution in [-0.4, -0.2) is 23.3 Å². The monoisotopic (exact) mass is 349 g/mol. The van der Waals surface area contributed by atoms with Gasteiger partial charge in [0.1, 0.15) is 5.69 Å². The molecule has 8 heteroatoms. The van der Waals surface area contributed by atoms with Crippen LogP contribution < -0.4 is 10.6 Å². The van der Waals surface area contributed by atoms with Crippen molar-refractivity contribution in [2.45, 2.75) is 6.18 Å². The molecule has 0 atom stereocenters. The van der Waals surface area contributed by atoms with Gasteiger partial charge in [0.2, 0.25) is 0 Å². The van der Waals surface area contributed by atoms with Gasteiger partial charge in [-0.3, -0.25) is 14.6 Å². The van der Waals surface area contributed by atoms with Gasteiger partial charge in [0.25, 0.3) is 11.8 Å². The average Bonchev–Trinajstić information content (AvgIpc) is 2.59. The van der Waals surface area contributed by atoms with Crippen molar-refractivity contribution >= 4 is 17.5 Å². The summed E-state index contributed by atoms with van der Waals surface area (Å²) in [6.07, 6.45) is -1.75. The smallest absolute Gasteiger partial charge is 0.347 e. The van der Waals surface area contributed by atoms with Gasteiger partial charge in [-0.05, 0) is 30.3 Å². The molecule has 0 spiro atoms. The Morgan fingerprint density at radius 3 is 2.60 bits per heavy atom. The highest BCUT2D eigenvalue weighted by atomic mass is 19.4. The van der Waals surface area contributed by atoms with E-state index in [9.17, 15) is 22.8 Å². The summed E-state index contributed by atoms with van der Waals surface area (Å²) in [7, 11) is 0. The van der Waals surface area contributed by atoms with Crippen molar-refractivity contribution in [1.82, 2.24) is 10.3 Å². The lowest BCUT2D eigenvalue weighted by Gasteiger charge is -2.10. The molecule has 1 aromatic carbocycles. The van der Waals surface area contributed by atoms with Crippen LogP contribution in [0.4, 0.5) is 18.9 Å². The predicted octanol–water partition coefficient (Wildman–Crippen LogP) is 3.27. The Morgan fingerprint density at radius 2 is 1.92 bits per heavy atom. The van der Waals surface area contributed by atoms with E-state index in [-0.39, 0.29) is 23.5 Å². The molecule has 0 unspecified atom stereocenters. The normalized spacial score (nSPS) is 10.8. The molecule has 0 aliphatic rings. The van der Waals surface area contributed by atoms with E-state index in [0.29, 0.717) is 0 Å². The number of nitrogens with zero attached hydrogens (tertiary/aromatic N) is 1. The molecule has 2 amide bonds. The average molecular weight is 349 g/mol. The lowest BCUT2D eigenvalue weighted by molar-refractivity contribution is -0.137. The standard InChI is InChI=1S/C17H14F3N3O2/c1-2-7-22-16(25)14-9-11(6-8-21-14)15(24)23-13-5-3-4-12(10-13)17(18,19)20/h2-6,8-10H,1,7H2,(H,22,25)(H,23,24). The molecule has 1 aromatic heterocycles. The first-order valence-corrected chi connectivity index (χ1v) is 7.15. The van der Waals surface area contributed by atoms with Crippen LogP contribution in [0.2, 0.25) is 0 Å². The van der Waals surface area contributed by atoms with Crippen molar-refractivity contribution in [3.8, 4) is 0 Å². The third-order valence-electron chi connectivity index (χ3n) is 3.11. The number of anilines is 1. The summed E-state index contributed by atoms with van der Waals surface area (Å²) in [5.74, 6) is -1.15. The van der Waals surface area contributed by atoms with E-state index < -0.39 is 23.6 Å². The van der Waals surface area contributed by atoms with E-state index >= 15 is 0 Å². The maximum Gasteiger partial charge on any atom is 0.416 e. The molecule has 2 rings (SSSR count). The quantitative estimate of drug-likeness (QED) is 0.814. The fourth-order valence-corrected chi connectivity index (χ4v) is 1.93. The van der Waals surface area contributed by atoms with Gasteiger partial charge < -0.3 is 10.6 Å². The van der Waals surface area contributed by atoms with Crippen molar-refractivity contribution in [2.75, 3.05) is 11.9 Å². The van der Waals surface area contributed by atoms with Crippen LogP contribution in [0.1, 0.15) is 26.4 Å². The second-order valence-corrected chi connectivity index (χ2v) is 4.96. The molecule has 2 aromatic rings. The molecular weight excluding hydrogens is 335 g/mol. The molecule has 0 saturated carbocycles. The number of nitrogens with one attached hydrogen (secondary N) is 2. The molecule has 0 radical (unpaired) electrons. The van der Waals surface area contributed by atoms with Crippen LogP contribution >= 0.6 is 0 Å². The molecule has 0 aliphatic heterocycles. The summed E-state index contributed by atoms with van der Waals surface area (Å²) < 4.78 is 38.1. The second kappa shape index (κ2) is 7.61. The highest BCUT2D eigenvalue weighted by Crippen LogP contribution is 2.30. The van der Waals surface area contributed by atoms with Gasteiger partial charge in [-0.15, -0.1) is 6.58 Å². The van der Waals surface area contributed by atoms with Crippen molar-refractivity contribution in [1.29, 1.82) is 0 Å².